The number of carbonyl (C=O) groups is 1. The summed E-state index contributed by atoms with van der Waals surface area (Å²) in [6.07, 6.45) is 2.09. The van der Waals surface area contributed by atoms with Gasteiger partial charge < -0.3 is 14.4 Å². The van der Waals surface area contributed by atoms with E-state index in [2.05, 4.69) is 15.9 Å². The lowest BCUT2D eigenvalue weighted by Crippen LogP contribution is -2.49. The van der Waals surface area contributed by atoms with Crippen LogP contribution in [-0.4, -0.2) is 42.7 Å². The van der Waals surface area contributed by atoms with Crippen LogP contribution in [0.2, 0.25) is 0 Å². The molecule has 0 spiro atoms. The summed E-state index contributed by atoms with van der Waals surface area (Å²) in [6.45, 7) is 3.84. The van der Waals surface area contributed by atoms with E-state index in [4.69, 9.17) is 9.47 Å². The summed E-state index contributed by atoms with van der Waals surface area (Å²) >= 11 is 3.44. The normalized spacial score (nSPS) is 24.8. The fraction of sp³-hybridized carbons (Fsp3) is 0.533. The van der Waals surface area contributed by atoms with Gasteiger partial charge in [-0.2, -0.15) is 0 Å². The maximum atomic E-state index is 12.7. The Bertz CT molecular complexity index is 504. The number of rotatable bonds is 3. The lowest BCUT2D eigenvalue weighted by Gasteiger charge is -2.34. The zero-order valence-electron chi connectivity index (χ0n) is 11.5. The molecule has 2 saturated heterocycles. The number of hydrogen-bond donors (Lipinski definition) is 0. The maximum Gasteiger partial charge on any atom is 0.254 e. The molecule has 108 valence electrons. The Morgan fingerprint density at radius 1 is 1.40 bits per heavy atom. The van der Waals surface area contributed by atoms with Gasteiger partial charge in [-0.1, -0.05) is 0 Å². The van der Waals surface area contributed by atoms with Crippen LogP contribution < -0.4 is 4.74 Å². The average molecular weight is 340 g/mol. The number of hydrogen-bond acceptors (Lipinski definition) is 3. The van der Waals surface area contributed by atoms with E-state index in [0.29, 0.717) is 25.4 Å². The third-order valence-corrected chi connectivity index (χ3v) is 4.61. The number of fused-ring (bicyclic) bond motifs is 2. The molecular formula is C15H18BrNO3. The van der Waals surface area contributed by atoms with Crippen molar-refractivity contribution in [3.05, 3.63) is 28.2 Å². The van der Waals surface area contributed by atoms with Gasteiger partial charge in [-0.25, -0.2) is 0 Å². The molecule has 0 N–H and O–H groups in total. The Labute approximate surface area is 127 Å². The molecule has 2 atom stereocenters. The van der Waals surface area contributed by atoms with E-state index in [-0.39, 0.29) is 18.0 Å². The highest BCUT2D eigenvalue weighted by atomic mass is 79.9. The van der Waals surface area contributed by atoms with Crippen molar-refractivity contribution < 1.29 is 14.3 Å². The molecule has 2 unspecified atom stereocenters. The molecule has 1 amide bonds. The van der Waals surface area contributed by atoms with Crippen molar-refractivity contribution in [3.8, 4) is 5.75 Å². The van der Waals surface area contributed by atoms with Crippen molar-refractivity contribution >= 4 is 21.8 Å². The summed E-state index contributed by atoms with van der Waals surface area (Å²) in [6, 6.07) is 6.02. The minimum absolute atomic E-state index is 0.0919. The van der Waals surface area contributed by atoms with E-state index in [1.54, 1.807) is 0 Å². The molecule has 0 aromatic heterocycles. The minimum Gasteiger partial charge on any atom is -0.493 e. The van der Waals surface area contributed by atoms with Gasteiger partial charge in [-0.15, -0.1) is 0 Å². The standard InChI is InChI=1S/C15H18BrNO3/c1-2-20-14-7-10(3-6-13(14)16)15(18)17-11-4-5-12(17)9-19-8-11/h3,6-7,11-12H,2,4-5,8-9H2,1H3. The van der Waals surface area contributed by atoms with Crippen molar-refractivity contribution in [2.24, 2.45) is 0 Å². The predicted molar refractivity (Wildman–Crippen MR) is 79.1 cm³/mol. The molecule has 1 aromatic rings. The molecule has 2 fully saturated rings. The minimum atomic E-state index is 0.0919. The van der Waals surface area contributed by atoms with Crippen LogP contribution >= 0.6 is 15.9 Å². The van der Waals surface area contributed by atoms with E-state index < -0.39 is 0 Å². The number of benzene rings is 1. The number of morpholine rings is 1. The maximum absolute atomic E-state index is 12.7. The second-order valence-electron chi connectivity index (χ2n) is 5.21. The lowest BCUT2D eigenvalue weighted by atomic mass is 10.1. The van der Waals surface area contributed by atoms with Crippen molar-refractivity contribution in [2.75, 3.05) is 19.8 Å². The first-order valence-corrected chi connectivity index (χ1v) is 7.82. The van der Waals surface area contributed by atoms with Crippen LogP contribution in [0.4, 0.5) is 0 Å². The number of carbonyl (C=O) groups excluding carboxylic acids is 1. The number of nitrogens with zero attached hydrogens (tertiary/aromatic N) is 1. The average Bonchev–Trinajstić information content (AvgIpc) is 2.70. The fourth-order valence-electron chi connectivity index (χ4n) is 3.01. The van der Waals surface area contributed by atoms with Gasteiger partial charge in [-0.05, 0) is 53.9 Å². The quantitative estimate of drug-likeness (QED) is 0.849. The summed E-state index contributed by atoms with van der Waals surface area (Å²) in [5.74, 6) is 0.813. The van der Waals surface area contributed by atoms with Gasteiger partial charge >= 0.3 is 0 Å². The fourth-order valence-corrected chi connectivity index (χ4v) is 3.37. The van der Waals surface area contributed by atoms with Crippen LogP contribution in [0.25, 0.3) is 0 Å². The van der Waals surface area contributed by atoms with Crippen LogP contribution in [0.5, 0.6) is 5.75 Å². The molecule has 2 heterocycles. The van der Waals surface area contributed by atoms with Gasteiger partial charge in [0, 0.05) is 5.56 Å². The largest absolute Gasteiger partial charge is 0.493 e. The SMILES string of the molecule is CCOc1cc(C(=O)N2C3CCC2COC3)ccc1Br. The third kappa shape index (κ3) is 2.44. The van der Waals surface area contributed by atoms with Crippen LogP contribution in [0.3, 0.4) is 0 Å². The molecule has 1 aromatic carbocycles. The first kappa shape index (κ1) is 13.9. The highest BCUT2D eigenvalue weighted by molar-refractivity contribution is 9.10. The highest BCUT2D eigenvalue weighted by Crippen LogP contribution is 2.32. The summed E-state index contributed by atoms with van der Waals surface area (Å²) in [5, 5.41) is 0. The van der Waals surface area contributed by atoms with Gasteiger partial charge in [0.05, 0.1) is 36.4 Å². The number of halogens is 1. The summed E-state index contributed by atoms with van der Waals surface area (Å²) in [4.78, 5) is 14.7. The lowest BCUT2D eigenvalue weighted by molar-refractivity contribution is -0.00717. The van der Waals surface area contributed by atoms with Gasteiger partial charge in [-0.3, -0.25) is 4.79 Å². The van der Waals surface area contributed by atoms with Crippen molar-refractivity contribution in [3.63, 3.8) is 0 Å². The third-order valence-electron chi connectivity index (χ3n) is 3.95. The van der Waals surface area contributed by atoms with Gasteiger partial charge in [0.15, 0.2) is 0 Å². The Hall–Kier alpha value is -1.07. The Balaban J connectivity index is 1.85. The second-order valence-corrected chi connectivity index (χ2v) is 6.07. The zero-order chi connectivity index (χ0) is 14.1. The van der Waals surface area contributed by atoms with Crippen molar-refractivity contribution in [1.29, 1.82) is 0 Å². The van der Waals surface area contributed by atoms with Gasteiger partial charge in [0.2, 0.25) is 0 Å². The first-order chi connectivity index (χ1) is 9.70. The molecule has 0 radical (unpaired) electrons. The number of amides is 1. The number of ether oxygens (including phenoxy) is 2. The van der Waals surface area contributed by atoms with Crippen LogP contribution in [0.15, 0.2) is 22.7 Å². The monoisotopic (exact) mass is 339 g/mol. The molecule has 20 heavy (non-hydrogen) atoms. The molecule has 2 aliphatic rings. The predicted octanol–water partition coefficient (Wildman–Crippen LogP) is 2.85. The van der Waals surface area contributed by atoms with E-state index >= 15 is 0 Å². The molecule has 0 saturated carbocycles. The van der Waals surface area contributed by atoms with Crippen LogP contribution in [-0.2, 0) is 4.74 Å². The Morgan fingerprint density at radius 2 is 2.10 bits per heavy atom. The van der Waals surface area contributed by atoms with Crippen molar-refractivity contribution in [1.82, 2.24) is 4.90 Å². The molecule has 2 aliphatic heterocycles. The Kier molecular flexibility index (Phi) is 3.98. The van der Waals surface area contributed by atoms with Crippen LogP contribution in [0.1, 0.15) is 30.1 Å². The highest BCUT2D eigenvalue weighted by Gasteiger charge is 2.40. The van der Waals surface area contributed by atoms with Crippen molar-refractivity contribution in [2.45, 2.75) is 31.8 Å². The van der Waals surface area contributed by atoms with Gasteiger partial charge in [0.1, 0.15) is 5.75 Å². The molecule has 5 heteroatoms. The van der Waals surface area contributed by atoms with Crippen LogP contribution in [0, 0.1) is 0 Å². The summed E-state index contributed by atoms with van der Waals surface area (Å²) in [7, 11) is 0. The van der Waals surface area contributed by atoms with Gasteiger partial charge in [0.25, 0.3) is 5.91 Å². The molecular weight excluding hydrogens is 322 g/mol. The first-order valence-electron chi connectivity index (χ1n) is 7.03. The summed E-state index contributed by atoms with van der Waals surface area (Å²) < 4.78 is 11.9. The van der Waals surface area contributed by atoms with E-state index in [0.717, 1.165) is 23.1 Å². The molecule has 4 nitrogen and oxygen atoms in total. The zero-order valence-corrected chi connectivity index (χ0v) is 13.1. The Morgan fingerprint density at radius 3 is 2.75 bits per heavy atom. The molecule has 0 aliphatic carbocycles. The topological polar surface area (TPSA) is 38.8 Å². The van der Waals surface area contributed by atoms with E-state index in [1.165, 1.54) is 0 Å². The smallest absolute Gasteiger partial charge is 0.254 e. The molecule has 3 rings (SSSR count). The molecule has 2 bridgehead atoms. The van der Waals surface area contributed by atoms with E-state index in [1.807, 2.05) is 30.0 Å². The van der Waals surface area contributed by atoms with E-state index in [9.17, 15) is 4.79 Å². The second kappa shape index (κ2) is 5.74. The summed E-state index contributed by atoms with van der Waals surface area (Å²) in [5.41, 5.74) is 0.690.